The number of carbonyl (C=O) groups excluding carboxylic acids is 3. The molecule has 7 heterocycles. The van der Waals surface area contributed by atoms with Gasteiger partial charge >= 0.3 is 0 Å². The highest BCUT2D eigenvalue weighted by Crippen LogP contribution is 2.64. The molecule has 2 saturated carbocycles. The zero-order valence-corrected chi connectivity index (χ0v) is 52.0. The molecule has 0 radical (unpaired) electrons. The van der Waals surface area contributed by atoms with Gasteiger partial charge in [0.25, 0.3) is 0 Å². The molecule has 0 aromatic heterocycles. The van der Waals surface area contributed by atoms with Crippen LogP contribution in [0, 0.1) is 34.0 Å². The molecule has 2 amide bonds. The SMILES string of the molecule is CC(=O)N[C@H]1[C@H](O[C@@H]2CO[C@@H](O[C@H]3CC[C@]4(C)C5=CC[C@@]6(C)C(=C(CC[C@H]4C3(C)C)O5)CC[C@@H]6[C@H](C)CC(=O)C=C(C)C)[C@H](O[C@@H]3O[C@H](CO[C@@H]4OC[C@@H](O)[C@H](O)[C@H]4O[C@@H]4O[C@H](CO)[C@@H](O)[C@H](O)[C@H]4O)[C@@H](O)[C@H](O)[C@H]3NC(C)=O)[C@H]2O)O[C@H](CO)[C@H](O)[C@@H]1O. The van der Waals surface area contributed by atoms with E-state index in [-0.39, 0.29) is 29.0 Å². The predicted molar refractivity (Wildman–Crippen MR) is 304 cm³/mol. The molecule has 14 N–H and O–H groups in total. The fourth-order valence-corrected chi connectivity index (χ4v) is 15.6. The zero-order chi connectivity index (χ0) is 64.9. The van der Waals surface area contributed by atoms with E-state index in [0.717, 1.165) is 56.6 Å². The third-order valence-corrected chi connectivity index (χ3v) is 20.4. The third-order valence-electron chi connectivity index (χ3n) is 20.4. The number of rotatable bonds is 19. The van der Waals surface area contributed by atoms with E-state index < -0.39 is 203 Å². The molecule has 2 aliphatic carbocycles. The van der Waals surface area contributed by atoms with Gasteiger partial charge in [-0.2, -0.15) is 0 Å². The Labute approximate surface area is 517 Å². The Morgan fingerprint density at radius 3 is 1.83 bits per heavy atom. The Balaban J connectivity index is 0.984. The number of fused-ring (bicyclic) bond motifs is 5. The second-order valence-corrected chi connectivity index (χ2v) is 27.2. The Kier molecular flexibility index (Phi) is 22.3. The monoisotopic (exact) mass is 1270 g/mol. The van der Waals surface area contributed by atoms with Crippen LogP contribution in [0.4, 0.5) is 0 Å². The summed E-state index contributed by atoms with van der Waals surface area (Å²) in [5.74, 6) is 1.01. The lowest BCUT2D eigenvalue weighted by Gasteiger charge is -2.55. The van der Waals surface area contributed by atoms with Crippen molar-refractivity contribution < 1.29 is 128 Å². The molecule has 89 heavy (non-hydrogen) atoms. The number of aliphatic hydroxyl groups excluding tert-OH is 12. The number of carbonyl (C=O) groups is 3. The second kappa shape index (κ2) is 28.4. The van der Waals surface area contributed by atoms with Gasteiger partial charge in [-0.3, -0.25) is 14.4 Å². The molecule has 9 rings (SSSR count). The van der Waals surface area contributed by atoms with Crippen LogP contribution in [0.25, 0.3) is 0 Å². The summed E-state index contributed by atoms with van der Waals surface area (Å²) < 4.78 is 68.7. The Morgan fingerprint density at radius 1 is 0.629 bits per heavy atom. The normalized spacial score (nSPS) is 46.0. The van der Waals surface area contributed by atoms with Crippen LogP contribution in [0.15, 0.2) is 34.8 Å². The highest BCUT2D eigenvalue weighted by atomic mass is 16.8. The lowest BCUT2D eigenvalue weighted by molar-refractivity contribution is -0.375. The maximum atomic E-state index is 13.0. The first-order chi connectivity index (χ1) is 41.9. The number of hydrogen-bond donors (Lipinski definition) is 14. The van der Waals surface area contributed by atoms with Gasteiger partial charge in [-0.1, -0.05) is 40.2 Å². The van der Waals surface area contributed by atoms with Crippen molar-refractivity contribution in [3.05, 3.63) is 34.8 Å². The van der Waals surface area contributed by atoms with E-state index in [4.69, 9.17) is 52.1 Å². The lowest BCUT2D eigenvalue weighted by atomic mass is 9.53. The van der Waals surface area contributed by atoms with Gasteiger partial charge in [0, 0.05) is 32.1 Å². The van der Waals surface area contributed by atoms with E-state index in [9.17, 15) is 75.7 Å². The van der Waals surface area contributed by atoms with Gasteiger partial charge in [0.1, 0.15) is 121 Å². The molecule has 0 aromatic carbocycles. The molecule has 28 heteroatoms. The molecule has 6 saturated heterocycles. The summed E-state index contributed by atoms with van der Waals surface area (Å²) in [7, 11) is 0. The average Bonchev–Trinajstić information content (AvgIpc) is 1.68. The average molecular weight is 1270 g/mol. The number of allylic oxidation sites excluding steroid dienone is 6. The number of nitrogens with one attached hydrogen (secondary N) is 2. The number of ketones is 1. The first-order valence-electron chi connectivity index (χ1n) is 31.2. The van der Waals surface area contributed by atoms with E-state index in [1.807, 2.05) is 13.8 Å². The summed E-state index contributed by atoms with van der Waals surface area (Å²) in [6.45, 7) is 13.8. The number of ether oxygens (including phenoxy) is 11. The minimum atomic E-state index is -1.94. The van der Waals surface area contributed by atoms with Gasteiger partial charge in [0.2, 0.25) is 11.8 Å². The molecule has 2 bridgehead atoms. The summed E-state index contributed by atoms with van der Waals surface area (Å²) in [4.78, 5) is 38.4. The van der Waals surface area contributed by atoms with Crippen LogP contribution in [0.5, 0.6) is 0 Å². The molecule has 0 aromatic rings. The van der Waals surface area contributed by atoms with E-state index in [0.29, 0.717) is 25.7 Å². The number of hydrogen-bond acceptors (Lipinski definition) is 26. The van der Waals surface area contributed by atoms with Crippen LogP contribution in [0.2, 0.25) is 0 Å². The summed E-state index contributed by atoms with van der Waals surface area (Å²) in [6.07, 6.45) is -26.9. The molecule has 8 fully saturated rings. The van der Waals surface area contributed by atoms with E-state index in [1.54, 1.807) is 6.08 Å². The van der Waals surface area contributed by atoms with Gasteiger partial charge in [-0.15, -0.1) is 0 Å². The van der Waals surface area contributed by atoms with Gasteiger partial charge in [0.15, 0.2) is 37.2 Å². The van der Waals surface area contributed by atoms with Crippen molar-refractivity contribution in [3.63, 3.8) is 0 Å². The largest absolute Gasteiger partial charge is 0.466 e. The fraction of sp³-hybridized carbons (Fsp3) is 0.852. The first kappa shape index (κ1) is 70.1. The van der Waals surface area contributed by atoms with Gasteiger partial charge in [0.05, 0.1) is 39.1 Å². The highest BCUT2D eigenvalue weighted by molar-refractivity contribution is 5.90. The van der Waals surface area contributed by atoms with Crippen molar-refractivity contribution in [3.8, 4) is 0 Å². The number of aliphatic hydroxyl groups is 12. The van der Waals surface area contributed by atoms with Gasteiger partial charge < -0.3 is 124 Å². The molecule has 9 aliphatic rings. The highest BCUT2D eigenvalue weighted by Gasteiger charge is 2.60. The van der Waals surface area contributed by atoms with Crippen LogP contribution in [-0.4, -0.2) is 259 Å². The van der Waals surface area contributed by atoms with Crippen LogP contribution < -0.4 is 10.6 Å². The van der Waals surface area contributed by atoms with Crippen LogP contribution >= 0.6 is 0 Å². The quantitative estimate of drug-likeness (QED) is 0.0611. The minimum Gasteiger partial charge on any atom is -0.466 e. The summed E-state index contributed by atoms with van der Waals surface area (Å²) in [5.41, 5.74) is 0.939. The maximum absolute atomic E-state index is 13.0. The van der Waals surface area contributed by atoms with Crippen molar-refractivity contribution in [1.29, 1.82) is 0 Å². The summed E-state index contributed by atoms with van der Waals surface area (Å²) in [6, 6.07) is -3.04. The van der Waals surface area contributed by atoms with Crippen molar-refractivity contribution in [2.45, 2.75) is 261 Å². The van der Waals surface area contributed by atoms with Crippen LogP contribution in [0.1, 0.15) is 114 Å². The summed E-state index contributed by atoms with van der Waals surface area (Å²) in [5, 5.41) is 136. The van der Waals surface area contributed by atoms with E-state index in [2.05, 4.69) is 51.3 Å². The van der Waals surface area contributed by atoms with Gasteiger partial charge in [-0.05, 0) is 98.7 Å². The van der Waals surface area contributed by atoms with E-state index >= 15 is 0 Å². The molecule has 506 valence electrons. The third kappa shape index (κ3) is 14.3. The maximum Gasteiger partial charge on any atom is 0.217 e. The predicted octanol–water partition coefficient (Wildman–Crippen LogP) is -2.19. The second-order valence-electron chi connectivity index (χ2n) is 27.2. The molecule has 29 atom stereocenters. The van der Waals surface area contributed by atoms with Crippen LogP contribution in [-0.2, 0) is 66.5 Å². The molecule has 0 unspecified atom stereocenters. The Morgan fingerprint density at radius 2 is 1.20 bits per heavy atom. The van der Waals surface area contributed by atoms with Crippen molar-refractivity contribution in [2.75, 3.05) is 33.0 Å². The first-order valence-corrected chi connectivity index (χ1v) is 31.2. The zero-order valence-electron chi connectivity index (χ0n) is 52.0. The standard InChI is InChI=1S/C61H96N2O26/c1-25(2)18-29(68)19-26(3)30-10-11-31-33-12-13-38-59(6,7)39(14-17-61(38,9)40(82-33)15-16-60(30,31)8)87-58-53(47(74)37(24-81-58)86-54-41(62-27(4)66)48(75)44(71)34(20-64)83-54)88-55-42(63-28(5)67)49(76)46(73)36(85-55)23-80-57-52(43(70)32(69)22-79-57)89-56-51(78)50(77)45(72)35(21-65)84-56/h15,18,26,30,32,34-39,41-58,64-65,69-78H,10-14,16-17,19-24H2,1-9H3,(H,62,66)(H,63,67)/t26-,30-,32-,34-,35-,36-,37-,38+,39+,41-,42-,43+,44+,45-,46-,47+,48-,49-,50+,51-,52-,53-,54+,55+,56+,57+,58+,60-,61+/m1/s1. The lowest BCUT2D eigenvalue weighted by Crippen LogP contribution is -2.68. The molecule has 0 spiro atoms. The summed E-state index contributed by atoms with van der Waals surface area (Å²) >= 11 is 0. The van der Waals surface area contributed by atoms with E-state index in [1.165, 1.54) is 5.57 Å². The van der Waals surface area contributed by atoms with Crippen molar-refractivity contribution >= 4 is 17.6 Å². The number of amides is 2. The Bertz CT molecular complexity index is 2570. The Hall–Kier alpha value is -3.25. The smallest absolute Gasteiger partial charge is 0.217 e. The molecule has 7 aliphatic heterocycles. The van der Waals surface area contributed by atoms with Gasteiger partial charge in [-0.25, -0.2) is 0 Å². The topological polar surface area (TPSA) is 420 Å². The fourth-order valence-electron chi connectivity index (χ4n) is 15.6. The molecule has 28 nitrogen and oxygen atoms in total. The molecular weight excluding hydrogens is 1180 g/mol. The van der Waals surface area contributed by atoms with Crippen molar-refractivity contribution in [2.24, 2.45) is 34.0 Å². The van der Waals surface area contributed by atoms with Crippen molar-refractivity contribution in [1.82, 2.24) is 10.6 Å². The minimum absolute atomic E-state index is 0.0532. The molecular formula is C61H96N2O26. The van der Waals surface area contributed by atoms with Crippen LogP contribution in [0.3, 0.4) is 0 Å².